The second-order valence-electron chi connectivity index (χ2n) is 5.97. The zero-order valence-corrected chi connectivity index (χ0v) is 15.7. The zero-order chi connectivity index (χ0) is 18.7. The van der Waals surface area contributed by atoms with E-state index in [1.807, 2.05) is 0 Å². The fourth-order valence-corrected chi connectivity index (χ4v) is 3.10. The molecule has 0 aromatic heterocycles. The molecule has 3 rings (SSSR count). The van der Waals surface area contributed by atoms with Crippen molar-refractivity contribution in [1.29, 1.82) is 0 Å². The number of hydrogen-bond donors (Lipinski definition) is 0. The molecule has 7 heteroatoms. The molecule has 1 heterocycles. The Balaban J connectivity index is 1.61. The summed E-state index contributed by atoms with van der Waals surface area (Å²) in [6, 6.07) is 13.3. The average molecular weight is 393 g/mol. The minimum absolute atomic E-state index is 0.125. The predicted octanol–water partition coefficient (Wildman–Crippen LogP) is 3.64. The number of piperazine rings is 1. The molecule has 1 atom stereocenters. The van der Waals surface area contributed by atoms with Gasteiger partial charge in [0.2, 0.25) is 5.91 Å². The van der Waals surface area contributed by atoms with Crippen LogP contribution in [-0.2, 0) is 9.59 Å². The van der Waals surface area contributed by atoms with Gasteiger partial charge in [-0.3, -0.25) is 9.59 Å². The van der Waals surface area contributed by atoms with E-state index in [-0.39, 0.29) is 18.4 Å². The lowest BCUT2D eigenvalue weighted by molar-refractivity contribution is -0.142. The third kappa shape index (κ3) is 4.11. The first-order valence-corrected chi connectivity index (χ1v) is 8.96. The smallest absolute Gasteiger partial charge is 0.261 e. The standard InChI is InChI=1S/C19H18Cl2N2O3/c1-13-19(25)23(16-6-2-14(20)3-7-16)11-10-22(13)18(24)12-26-17-8-4-15(21)5-9-17/h2-9,13H,10-12H2,1H3/t13-/m1/s1. The summed E-state index contributed by atoms with van der Waals surface area (Å²) in [7, 11) is 0. The van der Waals surface area contributed by atoms with Gasteiger partial charge < -0.3 is 14.5 Å². The van der Waals surface area contributed by atoms with Crippen molar-refractivity contribution in [2.24, 2.45) is 0 Å². The Bertz CT molecular complexity index is 793. The van der Waals surface area contributed by atoms with Crippen LogP contribution in [0.2, 0.25) is 10.0 Å². The van der Waals surface area contributed by atoms with Crippen molar-refractivity contribution in [3.05, 3.63) is 58.6 Å². The minimum Gasteiger partial charge on any atom is -0.484 e. The van der Waals surface area contributed by atoms with E-state index >= 15 is 0 Å². The van der Waals surface area contributed by atoms with Crippen LogP contribution < -0.4 is 9.64 Å². The lowest BCUT2D eigenvalue weighted by Crippen LogP contribution is -2.58. The molecule has 0 unspecified atom stereocenters. The Hall–Kier alpha value is -2.24. The average Bonchev–Trinajstić information content (AvgIpc) is 2.64. The van der Waals surface area contributed by atoms with Crippen molar-refractivity contribution < 1.29 is 14.3 Å². The Morgan fingerprint density at radius 3 is 2.23 bits per heavy atom. The number of amides is 2. The molecule has 26 heavy (non-hydrogen) atoms. The molecule has 0 radical (unpaired) electrons. The first-order valence-electron chi connectivity index (χ1n) is 8.20. The molecule has 2 aromatic carbocycles. The van der Waals surface area contributed by atoms with Gasteiger partial charge in [-0.05, 0) is 55.5 Å². The van der Waals surface area contributed by atoms with Gasteiger partial charge in [-0.2, -0.15) is 0 Å². The van der Waals surface area contributed by atoms with Crippen molar-refractivity contribution >= 4 is 40.7 Å². The maximum atomic E-state index is 12.7. The molecule has 0 spiro atoms. The SMILES string of the molecule is C[C@@H]1C(=O)N(c2ccc(Cl)cc2)CCN1C(=O)COc1ccc(Cl)cc1. The summed E-state index contributed by atoms with van der Waals surface area (Å²) in [6.45, 7) is 2.47. The summed E-state index contributed by atoms with van der Waals surface area (Å²) in [5, 5.41) is 1.21. The van der Waals surface area contributed by atoms with E-state index in [2.05, 4.69) is 0 Å². The largest absolute Gasteiger partial charge is 0.484 e. The Kier molecular flexibility index (Phi) is 5.69. The third-order valence-corrected chi connectivity index (χ3v) is 4.79. The fourth-order valence-electron chi connectivity index (χ4n) is 2.85. The number of halogens is 2. The van der Waals surface area contributed by atoms with E-state index < -0.39 is 6.04 Å². The van der Waals surface area contributed by atoms with E-state index in [1.54, 1.807) is 65.3 Å². The van der Waals surface area contributed by atoms with Gasteiger partial charge in [-0.1, -0.05) is 23.2 Å². The van der Waals surface area contributed by atoms with E-state index in [0.717, 1.165) is 5.69 Å². The van der Waals surface area contributed by atoms with Crippen LogP contribution in [0.4, 0.5) is 5.69 Å². The van der Waals surface area contributed by atoms with E-state index in [1.165, 1.54) is 0 Å². The van der Waals surface area contributed by atoms with Crippen molar-refractivity contribution in [1.82, 2.24) is 4.90 Å². The quantitative estimate of drug-likeness (QED) is 0.797. The number of anilines is 1. The molecule has 0 aliphatic carbocycles. The molecular formula is C19H18Cl2N2O3. The van der Waals surface area contributed by atoms with Gasteiger partial charge in [-0.25, -0.2) is 0 Å². The Morgan fingerprint density at radius 2 is 1.62 bits per heavy atom. The minimum atomic E-state index is -0.555. The summed E-state index contributed by atoms with van der Waals surface area (Å²) >= 11 is 11.7. The summed E-state index contributed by atoms with van der Waals surface area (Å²) in [5.41, 5.74) is 0.774. The third-order valence-electron chi connectivity index (χ3n) is 4.29. The molecule has 0 N–H and O–H groups in total. The Morgan fingerprint density at radius 1 is 1.04 bits per heavy atom. The molecule has 1 saturated heterocycles. The maximum absolute atomic E-state index is 12.7. The van der Waals surface area contributed by atoms with Gasteiger partial charge in [-0.15, -0.1) is 0 Å². The molecule has 1 aliphatic heterocycles. The molecule has 1 fully saturated rings. The van der Waals surface area contributed by atoms with Gasteiger partial charge in [0.1, 0.15) is 11.8 Å². The number of carbonyl (C=O) groups is 2. The fraction of sp³-hybridized carbons (Fsp3) is 0.263. The first kappa shape index (κ1) is 18.5. The Labute approximate surface area is 162 Å². The lowest BCUT2D eigenvalue weighted by Gasteiger charge is -2.39. The van der Waals surface area contributed by atoms with Crippen LogP contribution in [0.25, 0.3) is 0 Å². The highest BCUT2D eigenvalue weighted by atomic mass is 35.5. The number of carbonyl (C=O) groups excluding carboxylic acids is 2. The maximum Gasteiger partial charge on any atom is 0.261 e. The number of benzene rings is 2. The summed E-state index contributed by atoms with van der Waals surface area (Å²) in [6.07, 6.45) is 0. The van der Waals surface area contributed by atoms with E-state index in [9.17, 15) is 9.59 Å². The second kappa shape index (κ2) is 7.98. The van der Waals surface area contributed by atoms with Crippen LogP contribution in [-0.4, -0.2) is 42.5 Å². The monoisotopic (exact) mass is 392 g/mol. The lowest BCUT2D eigenvalue weighted by atomic mass is 10.1. The number of ether oxygens (including phenoxy) is 1. The van der Waals surface area contributed by atoms with Crippen LogP contribution >= 0.6 is 23.2 Å². The second-order valence-corrected chi connectivity index (χ2v) is 6.84. The molecule has 0 bridgehead atoms. The van der Waals surface area contributed by atoms with Gasteiger partial charge in [0.15, 0.2) is 6.61 Å². The molecular weight excluding hydrogens is 375 g/mol. The highest BCUT2D eigenvalue weighted by Crippen LogP contribution is 2.23. The van der Waals surface area contributed by atoms with Crippen LogP contribution in [0.3, 0.4) is 0 Å². The van der Waals surface area contributed by atoms with Crippen molar-refractivity contribution in [2.45, 2.75) is 13.0 Å². The topological polar surface area (TPSA) is 49.9 Å². The van der Waals surface area contributed by atoms with Crippen LogP contribution in [0.5, 0.6) is 5.75 Å². The van der Waals surface area contributed by atoms with Crippen LogP contribution in [0.1, 0.15) is 6.92 Å². The van der Waals surface area contributed by atoms with E-state index in [0.29, 0.717) is 28.9 Å². The normalized spacial score (nSPS) is 17.3. The summed E-state index contributed by atoms with van der Waals surface area (Å²) in [4.78, 5) is 28.4. The predicted molar refractivity (Wildman–Crippen MR) is 102 cm³/mol. The van der Waals surface area contributed by atoms with Gasteiger partial charge in [0.05, 0.1) is 0 Å². The highest BCUT2D eigenvalue weighted by Gasteiger charge is 2.35. The molecule has 0 saturated carbocycles. The van der Waals surface area contributed by atoms with Crippen LogP contribution in [0.15, 0.2) is 48.5 Å². The van der Waals surface area contributed by atoms with Crippen molar-refractivity contribution in [2.75, 3.05) is 24.6 Å². The van der Waals surface area contributed by atoms with E-state index in [4.69, 9.17) is 27.9 Å². The molecule has 5 nitrogen and oxygen atoms in total. The molecule has 1 aliphatic rings. The number of nitrogens with zero attached hydrogens (tertiary/aromatic N) is 2. The number of rotatable bonds is 4. The first-order chi connectivity index (χ1) is 12.5. The zero-order valence-electron chi connectivity index (χ0n) is 14.2. The summed E-state index contributed by atoms with van der Waals surface area (Å²) in [5.74, 6) is 0.205. The molecule has 2 aromatic rings. The number of hydrogen-bond acceptors (Lipinski definition) is 3. The molecule has 136 valence electrons. The van der Waals surface area contributed by atoms with Crippen molar-refractivity contribution in [3.63, 3.8) is 0 Å². The van der Waals surface area contributed by atoms with Gasteiger partial charge >= 0.3 is 0 Å². The van der Waals surface area contributed by atoms with Crippen molar-refractivity contribution in [3.8, 4) is 5.75 Å². The van der Waals surface area contributed by atoms with Gasteiger partial charge in [0.25, 0.3) is 5.91 Å². The summed E-state index contributed by atoms with van der Waals surface area (Å²) < 4.78 is 5.49. The highest BCUT2D eigenvalue weighted by molar-refractivity contribution is 6.30. The van der Waals surface area contributed by atoms with Crippen LogP contribution in [0, 0.1) is 0 Å². The molecule has 2 amide bonds. The van der Waals surface area contributed by atoms with Gasteiger partial charge in [0, 0.05) is 28.8 Å².